The van der Waals surface area contributed by atoms with Crippen LogP contribution in [0, 0.1) is 5.82 Å². The zero-order valence-electron chi connectivity index (χ0n) is 10.1. The zero-order valence-corrected chi connectivity index (χ0v) is 10.9. The molecule has 1 saturated heterocycles. The average Bonchev–Trinajstić information content (AvgIpc) is 2.70. The third-order valence-electron chi connectivity index (χ3n) is 3.00. The Balaban J connectivity index is 2.38. The largest absolute Gasteiger partial charge is 0.478 e. The van der Waals surface area contributed by atoms with Crippen LogP contribution in [0.1, 0.15) is 16.8 Å². The highest BCUT2D eigenvalue weighted by Gasteiger charge is 2.37. The van der Waals surface area contributed by atoms with Crippen molar-refractivity contribution in [3.8, 4) is 0 Å². The third-order valence-corrected chi connectivity index (χ3v) is 4.24. The van der Waals surface area contributed by atoms with Crippen LogP contribution in [0.5, 0.6) is 0 Å². The number of carbonyl (C=O) groups is 2. The standard InChI is InChI=1S/C11H11FN2O5S/c12-7-1-6(11(16)17)2-8(3-7)14-5-9(4-10(14)15)20(13,18)19/h1-3,9H,4-5H2,(H,16,17)(H2,13,18,19). The molecule has 1 aliphatic heterocycles. The molecule has 1 atom stereocenters. The first-order chi connectivity index (χ1) is 9.18. The topological polar surface area (TPSA) is 118 Å². The van der Waals surface area contributed by atoms with E-state index in [0.717, 1.165) is 23.1 Å². The molecule has 7 nitrogen and oxygen atoms in total. The molecule has 0 saturated carbocycles. The highest BCUT2D eigenvalue weighted by molar-refractivity contribution is 7.89. The highest BCUT2D eigenvalue weighted by atomic mass is 32.2. The lowest BCUT2D eigenvalue weighted by Crippen LogP contribution is -2.32. The lowest BCUT2D eigenvalue weighted by atomic mass is 10.2. The molecule has 0 radical (unpaired) electrons. The molecule has 1 amide bonds. The number of amides is 1. The van der Waals surface area contributed by atoms with E-state index in [9.17, 15) is 22.4 Å². The molecule has 1 heterocycles. The molecule has 3 N–H and O–H groups in total. The van der Waals surface area contributed by atoms with Crippen molar-refractivity contribution >= 4 is 27.6 Å². The minimum absolute atomic E-state index is 0.00134. The van der Waals surface area contributed by atoms with Gasteiger partial charge in [-0.1, -0.05) is 0 Å². The van der Waals surface area contributed by atoms with Crippen molar-refractivity contribution in [2.75, 3.05) is 11.4 Å². The monoisotopic (exact) mass is 302 g/mol. The van der Waals surface area contributed by atoms with Gasteiger partial charge in [-0.2, -0.15) is 0 Å². The maximum Gasteiger partial charge on any atom is 0.335 e. The molecule has 1 unspecified atom stereocenters. The number of benzene rings is 1. The van der Waals surface area contributed by atoms with E-state index < -0.39 is 33.0 Å². The van der Waals surface area contributed by atoms with Gasteiger partial charge in [-0.3, -0.25) is 4.79 Å². The Morgan fingerprint density at radius 1 is 1.40 bits per heavy atom. The van der Waals surface area contributed by atoms with Crippen molar-refractivity contribution < 1.29 is 27.5 Å². The number of hydrogen-bond donors (Lipinski definition) is 2. The second-order valence-electron chi connectivity index (χ2n) is 4.42. The number of carbonyl (C=O) groups excluding carboxylic acids is 1. The summed E-state index contributed by atoms with van der Waals surface area (Å²) >= 11 is 0. The van der Waals surface area contributed by atoms with Gasteiger partial charge in [0.1, 0.15) is 11.1 Å². The van der Waals surface area contributed by atoms with Gasteiger partial charge in [0.15, 0.2) is 0 Å². The minimum Gasteiger partial charge on any atom is -0.478 e. The number of anilines is 1. The first kappa shape index (κ1) is 14.4. The van der Waals surface area contributed by atoms with Crippen LogP contribution in [-0.2, 0) is 14.8 Å². The molecule has 1 aromatic carbocycles. The Morgan fingerprint density at radius 2 is 2.05 bits per heavy atom. The fourth-order valence-corrected chi connectivity index (χ4v) is 2.73. The number of hydrogen-bond acceptors (Lipinski definition) is 4. The number of nitrogens with zero attached hydrogens (tertiary/aromatic N) is 1. The molecular weight excluding hydrogens is 291 g/mol. The van der Waals surface area contributed by atoms with Gasteiger partial charge in [0.25, 0.3) is 0 Å². The Hall–Kier alpha value is -2.00. The van der Waals surface area contributed by atoms with Crippen molar-refractivity contribution in [3.05, 3.63) is 29.6 Å². The van der Waals surface area contributed by atoms with E-state index in [-0.39, 0.29) is 24.2 Å². The van der Waals surface area contributed by atoms with E-state index in [4.69, 9.17) is 10.2 Å². The van der Waals surface area contributed by atoms with Crippen LogP contribution >= 0.6 is 0 Å². The van der Waals surface area contributed by atoms with E-state index >= 15 is 0 Å². The van der Waals surface area contributed by atoms with Crippen molar-refractivity contribution in [2.45, 2.75) is 11.7 Å². The molecule has 9 heteroatoms. The van der Waals surface area contributed by atoms with Crippen molar-refractivity contribution in [1.29, 1.82) is 0 Å². The fourth-order valence-electron chi connectivity index (χ4n) is 2.00. The van der Waals surface area contributed by atoms with E-state index in [1.807, 2.05) is 0 Å². The molecule has 1 fully saturated rings. The van der Waals surface area contributed by atoms with Crippen LogP contribution in [0.3, 0.4) is 0 Å². The normalized spacial score (nSPS) is 19.4. The van der Waals surface area contributed by atoms with Crippen molar-refractivity contribution in [3.63, 3.8) is 0 Å². The smallest absolute Gasteiger partial charge is 0.335 e. The number of aromatic carboxylic acids is 1. The number of rotatable bonds is 3. The number of carboxylic acids is 1. The summed E-state index contributed by atoms with van der Waals surface area (Å²) in [6, 6.07) is 2.88. The number of nitrogens with two attached hydrogens (primary N) is 1. The molecule has 0 aliphatic carbocycles. The van der Waals surface area contributed by atoms with Gasteiger partial charge >= 0.3 is 5.97 Å². The first-order valence-corrected chi connectivity index (χ1v) is 7.15. The van der Waals surface area contributed by atoms with Crippen LogP contribution in [0.4, 0.5) is 10.1 Å². The number of carboxylic acid groups (broad SMARTS) is 1. The van der Waals surface area contributed by atoms with Crippen LogP contribution in [-0.4, -0.2) is 37.2 Å². The number of halogens is 1. The Labute approximate surface area is 113 Å². The predicted octanol–water partition coefficient (Wildman–Crippen LogP) is -0.0823. The maximum absolute atomic E-state index is 13.4. The molecule has 108 valence electrons. The van der Waals surface area contributed by atoms with Gasteiger partial charge in [-0.25, -0.2) is 22.7 Å². The van der Waals surface area contributed by atoms with E-state index in [1.165, 1.54) is 0 Å². The summed E-state index contributed by atoms with van der Waals surface area (Å²) in [5.74, 6) is -2.72. The molecule has 1 aliphatic rings. The number of primary sulfonamides is 1. The SMILES string of the molecule is NS(=O)(=O)C1CC(=O)N(c2cc(F)cc(C(=O)O)c2)C1. The summed E-state index contributed by atoms with van der Waals surface area (Å²) in [7, 11) is -3.89. The Bertz CT molecular complexity index is 688. The van der Waals surface area contributed by atoms with E-state index in [2.05, 4.69) is 0 Å². The molecule has 2 rings (SSSR count). The molecule has 1 aromatic rings. The Kier molecular flexibility index (Phi) is 3.48. The summed E-state index contributed by atoms with van der Waals surface area (Å²) in [5, 5.41) is 12.7. The van der Waals surface area contributed by atoms with E-state index in [0.29, 0.717) is 0 Å². The van der Waals surface area contributed by atoms with Gasteiger partial charge < -0.3 is 10.0 Å². The van der Waals surface area contributed by atoms with Crippen LogP contribution in [0.15, 0.2) is 18.2 Å². The van der Waals surface area contributed by atoms with Crippen molar-refractivity contribution in [1.82, 2.24) is 0 Å². The summed E-state index contributed by atoms with van der Waals surface area (Å²) in [4.78, 5) is 23.6. The third kappa shape index (κ3) is 2.78. The van der Waals surface area contributed by atoms with Crippen LogP contribution in [0.25, 0.3) is 0 Å². The molecule has 0 aromatic heterocycles. The second kappa shape index (κ2) is 4.84. The predicted molar refractivity (Wildman–Crippen MR) is 67.2 cm³/mol. The van der Waals surface area contributed by atoms with E-state index in [1.54, 1.807) is 0 Å². The lowest BCUT2D eigenvalue weighted by molar-refractivity contribution is -0.117. The summed E-state index contributed by atoms with van der Waals surface area (Å²) in [6.07, 6.45) is -0.308. The first-order valence-electron chi connectivity index (χ1n) is 5.54. The average molecular weight is 302 g/mol. The zero-order chi connectivity index (χ0) is 15.1. The molecule has 20 heavy (non-hydrogen) atoms. The Morgan fingerprint density at radius 3 is 2.55 bits per heavy atom. The molecule has 0 spiro atoms. The van der Waals surface area contributed by atoms with Gasteiger partial charge in [0.05, 0.1) is 5.56 Å². The second-order valence-corrected chi connectivity index (χ2v) is 6.27. The molecule has 0 bridgehead atoms. The minimum atomic E-state index is -3.89. The highest BCUT2D eigenvalue weighted by Crippen LogP contribution is 2.26. The van der Waals surface area contributed by atoms with Crippen molar-refractivity contribution in [2.24, 2.45) is 5.14 Å². The van der Waals surface area contributed by atoms with Gasteiger partial charge in [0, 0.05) is 18.7 Å². The summed E-state index contributed by atoms with van der Waals surface area (Å²) in [6.45, 7) is -0.222. The van der Waals surface area contributed by atoms with Crippen LogP contribution in [0.2, 0.25) is 0 Å². The quantitative estimate of drug-likeness (QED) is 0.809. The lowest BCUT2D eigenvalue weighted by Gasteiger charge is -2.17. The van der Waals surface area contributed by atoms with Gasteiger partial charge in [-0.15, -0.1) is 0 Å². The molecular formula is C11H11FN2O5S. The maximum atomic E-state index is 13.4. The fraction of sp³-hybridized carbons (Fsp3) is 0.273. The van der Waals surface area contributed by atoms with Gasteiger partial charge in [-0.05, 0) is 18.2 Å². The summed E-state index contributed by atoms with van der Waals surface area (Å²) < 4.78 is 35.8. The summed E-state index contributed by atoms with van der Waals surface area (Å²) in [5.41, 5.74) is -0.328. The van der Waals surface area contributed by atoms with Gasteiger partial charge in [0.2, 0.25) is 15.9 Å². The number of sulfonamides is 1. The van der Waals surface area contributed by atoms with Crippen LogP contribution < -0.4 is 10.0 Å².